The molecule has 2 aromatic carbocycles. The van der Waals surface area contributed by atoms with Gasteiger partial charge in [0.05, 0.1) is 18.0 Å². The molecule has 24 heavy (non-hydrogen) atoms. The number of hydrogen-bond acceptors (Lipinski definition) is 4. The van der Waals surface area contributed by atoms with Crippen molar-refractivity contribution in [2.45, 2.75) is 6.92 Å². The van der Waals surface area contributed by atoms with Crippen LogP contribution in [0.3, 0.4) is 0 Å². The molecule has 0 saturated carbocycles. The number of aromatic nitrogens is 2. The Balaban J connectivity index is 1.76. The van der Waals surface area contributed by atoms with Crippen LogP contribution in [0, 0.1) is 0 Å². The smallest absolute Gasteiger partial charge is 0.276 e. The molecule has 0 atom stereocenters. The summed E-state index contributed by atoms with van der Waals surface area (Å²) in [6, 6.07) is 20.4. The quantitative estimate of drug-likeness (QED) is 0.777. The molecule has 1 aromatic heterocycles. The van der Waals surface area contributed by atoms with Gasteiger partial charge >= 0.3 is 0 Å². The fourth-order valence-electron chi connectivity index (χ4n) is 2.25. The molecular weight excluding hydrogens is 302 g/mol. The number of nitrogens with zero attached hydrogens (tertiary/aromatic N) is 2. The maximum atomic E-state index is 12.3. The molecule has 1 N–H and O–H groups in total. The molecule has 0 aliphatic heterocycles. The first-order valence-electron chi connectivity index (χ1n) is 7.70. The first-order chi connectivity index (χ1) is 11.8. The molecule has 0 bridgehead atoms. The number of nitrogens with one attached hydrogen (secondary N) is 1. The summed E-state index contributed by atoms with van der Waals surface area (Å²) in [4.78, 5) is 12.3. The van der Waals surface area contributed by atoms with Crippen LogP contribution >= 0.6 is 0 Å². The Bertz CT molecular complexity index is 818. The van der Waals surface area contributed by atoms with Crippen LogP contribution in [-0.4, -0.2) is 22.7 Å². The van der Waals surface area contributed by atoms with Crippen LogP contribution in [0.2, 0.25) is 0 Å². The minimum atomic E-state index is -0.325. The third-order valence-electron chi connectivity index (χ3n) is 3.40. The van der Waals surface area contributed by atoms with Crippen molar-refractivity contribution in [3.05, 3.63) is 72.4 Å². The number of para-hydroxylation sites is 2. The summed E-state index contributed by atoms with van der Waals surface area (Å²) >= 11 is 0. The van der Waals surface area contributed by atoms with Crippen molar-refractivity contribution in [2.24, 2.45) is 0 Å². The molecule has 0 unspecified atom stereocenters. The van der Waals surface area contributed by atoms with Crippen LogP contribution in [0.5, 0.6) is 5.75 Å². The van der Waals surface area contributed by atoms with Gasteiger partial charge in [-0.3, -0.25) is 4.79 Å². The van der Waals surface area contributed by atoms with Crippen molar-refractivity contribution >= 4 is 11.6 Å². The third-order valence-corrected chi connectivity index (χ3v) is 3.40. The molecule has 5 heteroatoms. The number of rotatable bonds is 5. The summed E-state index contributed by atoms with van der Waals surface area (Å²) in [5.74, 6) is 0.302. The van der Waals surface area contributed by atoms with E-state index in [4.69, 9.17) is 4.74 Å². The number of carbonyl (C=O) groups excluding carboxylic acids is 1. The van der Waals surface area contributed by atoms with Crippen molar-refractivity contribution in [1.82, 2.24) is 10.2 Å². The summed E-state index contributed by atoms with van der Waals surface area (Å²) in [6.45, 7) is 2.42. The lowest BCUT2D eigenvalue weighted by Crippen LogP contribution is -2.15. The van der Waals surface area contributed by atoms with Crippen LogP contribution in [0.4, 0.5) is 5.69 Å². The van der Waals surface area contributed by atoms with Crippen molar-refractivity contribution in [1.29, 1.82) is 0 Å². The summed E-state index contributed by atoms with van der Waals surface area (Å²) in [6.07, 6.45) is 0. The topological polar surface area (TPSA) is 64.1 Å². The van der Waals surface area contributed by atoms with Gasteiger partial charge in [-0.2, -0.15) is 0 Å². The molecule has 0 aliphatic carbocycles. The van der Waals surface area contributed by atoms with Crippen LogP contribution < -0.4 is 10.1 Å². The van der Waals surface area contributed by atoms with Gasteiger partial charge < -0.3 is 10.1 Å². The number of hydrogen-bond donors (Lipinski definition) is 1. The zero-order valence-electron chi connectivity index (χ0n) is 13.3. The van der Waals surface area contributed by atoms with Gasteiger partial charge in [0.2, 0.25) is 0 Å². The highest BCUT2D eigenvalue weighted by molar-refractivity contribution is 6.03. The van der Waals surface area contributed by atoms with Gasteiger partial charge in [-0.05, 0) is 31.2 Å². The zero-order chi connectivity index (χ0) is 16.8. The first-order valence-corrected chi connectivity index (χ1v) is 7.70. The van der Waals surface area contributed by atoms with Gasteiger partial charge in [0, 0.05) is 5.56 Å². The average Bonchev–Trinajstić information content (AvgIpc) is 2.64. The van der Waals surface area contributed by atoms with E-state index in [9.17, 15) is 4.79 Å². The molecule has 1 heterocycles. The number of carbonyl (C=O) groups is 1. The minimum absolute atomic E-state index is 0.251. The van der Waals surface area contributed by atoms with E-state index in [-0.39, 0.29) is 11.6 Å². The van der Waals surface area contributed by atoms with Gasteiger partial charge in [-0.1, -0.05) is 42.5 Å². The monoisotopic (exact) mass is 319 g/mol. The number of ether oxygens (including phenoxy) is 1. The Morgan fingerprint density at radius 1 is 0.958 bits per heavy atom. The van der Waals surface area contributed by atoms with E-state index in [1.54, 1.807) is 18.2 Å². The lowest BCUT2D eigenvalue weighted by molar-refractivity contribution is 0.102. The van der Waals surface area contributed by atoms with Crippen LogP contribution in [0.1, 0.15) is 17.4 Å². The number of anilines is 1. The van der Waals surface area contributed by atoms with Crippen LogP contribution in [-0.2, 0) is 0 Å². The predicted molar refractivity (Wildman–Crippen MR) is 93.0 cm³/mol. The second kappa shape index (κ2) is 7.37. The molecular formula is C19H17N3O2. The SMILES string of the molecule is CCOc1ccccc1NC(=O)c1ccc(-c2ccccc2)nn1. The molecule has 0 aliphatic rings. The van der Waals surface area contributed by atoms with E-state index in [1.807, 2.05) is 55.5 Å². The van der Waals surface area contributed by atoms with E-state index in [0.717, 1.165) is 11.3 Å². The fraction of sp³-hybridized carbons (Fsp3) is 0.105. The molecule has 3 rings (SSSR count). The number of amides is 1. The Labute approximate surface area is 140 Å². The summed E-state index contributed by atoms with van der Waals surface area (Å²) < 4.78 is 5.50. The molecule has 0 saturated heterocycles. The van der Waals surface area contributed by atoms with E-state index in [0.29, 0.717) is 18.0 Å². The van der Waals surface area contributed by atoms with Gasteiger partial charge in [0.15, 0.2) is 5.69 Å². The Morgan fingerprint density at radius 2 is 1.71 bits per heavy atom. The second-order valence-corrected chi connectivity index (χ2v) is 5.05. The van der Waals surface area contributed by atoms with E-state index in [2.05, 4.69) is 15.5 Å². The Hall–Kier alpha value is -3.21. The zero-order valence-corrected chi connectivity index (χ0v) is 13.3. The molecule has 0 fully saturated rings. The summed E-state index contributed by atoms with van der Waals surface area (Å²) in [5.41, 5.74) is 2.54. The van der Waals surface area contributed by atoms with Crippen LogP contribution in [0.15, 0.2) is 66.7 Å². The van der Waals surface area contributed by atoms with Gasteiger partial charge in [0.25, 0.3) is 5.91 Å². The molecule has 0 spiro atoms. The lowest BCUT2D eigenvalue weighted by Gasteiger charge is -2.10. The van der Waals surface area contributed by atoms with Gasteiger partial charge in [0.1, 0.15) is 5.75 Å². The van der Waals surface area contributed by atoms with Gasteiger partial charge in [-0.25, -0.2) is 0 Å². The average molecular weight is 319 g/mol. The van der Waals surface area contributed by atoms with Crippen molar-refractivity contribution in [3.63, 3.8) is 0 Å². The summed E-state index contributed by atoms with van der Waals surface area (Å²) in [5, 5.41) is 11.0. The van der Waals surface area contributed by atoms with Crippen molar-refractivity contribution in [3.8, 4) is 17.0 Å². The molecule has 0 radical (unpaired) electrons. The maximum absolute atomic E-state index is 12.3. The molecule has 120 valence electrons. The predicted octanol–water partition coefficient (Wildman–Crippen LogP) is 3.79. The molecule has 5 nitrogen and oxygen atoms in total. The third kappa shape index (κ3) is 3.57. The van der Waals surface area contributed by atoms with Crippen molar-refractivity contribution in [2.75, 3.05) is 11.9 Å². The number of benzene rings is 2. The van der Waals surface area contributed by atoms with Gasteiger partial charge in [-0.15, -0.1) is 10.2 Å². The highest BCUT2D eigenvalue weighted by Crippen LogP contribution is 2.24. The largest absolute Gasteiger partial charge is 0.492 e. The van der Waals surface area contributed by atoms with E-state index in [1.165, 1.54) is 0 Å². The standard InChI is InChI=1S/C19H17N3O2/c1-2-24-18-11-7-6-10-16(18)20-19(23)17-13-12-15(21-22-17)14-8-4-3-5-9-14/h3-13H,2H2,1H3,(H,20,23). The highest BCUT2D eigenvalue weighted by atomic mass is 16.5. The Kier molecular flexibility index (Phi) is 4.81. The fourth-order valence-corrected chi connectivity index (χ4v) is 2.25. The molecule has 3 aromatic rings. The normalized spacial score (nSPS) is 10.2. The van der Waals surface area contributed by atoms with Crippen molar-refractivity contribution < 1.29 is 9.53 Å². The summed E-state index contributed by atoms with van der Waals surface area (Å²) in [7, 11) is 0. The lowest BCUT2D eigenvalue weighted by atomic mass is 10.1. The second-order valence-electron chi connectivity index (χ2n) is 5.05. The van der Waals surface area contributed by atoms with E-state index < -0.39 is 0 Å². The highest BCUT2D eigenvalue weighted by Gasteiger charge is 2.12. The first kappa shape index (κ1) is 15.7. The maximum Gasteiger partial charge on any atom is 0.276 e. The Morgan fingerprint density at radius 3 is 2.42 bits per heavy atom. The van der Waals surface area contributed by atoms with Crippen LogP contribution in [0.25, 0.3) is 11.3 Å². The van der Waals surface area contributed by atoms with E-state index >= 15 is 0 Å². The minimum Gasteiger partial charge on any atom is -0.492 e. The molecule has 1 amide bonds.